The standard InChI is InChI=1S/C3H6O.2H2O2/c1-3(2)4;2*1-2/h1-2H3;2*1-2H. The topological polar surface area (TPSA) is 98.0 Å². The van der Waals surface area contributed by atoms with E-state index in [4.69, 9.17) is 21.0 Å². The fourth-order valence-corrected chi connectivity index (χ4v) is 0. The molecule has 0 radical (unpaired) electrons. The maximum atomic E-state index is 9.44. The minimum absolute atomic E-state index is 0.167. The van der Waals surface area contributed by atoms with Crippen molar-refractivity contribution < 1.29 is 25.8 Å². The Morgan fingerprint density at radius 1 is 1.00 bits per heavy atom. The lowest BCUT2D eigenvalue weighted by molar-refractivity contribution is -0.176. The molecule has 0 unspecified atom stereocenters. The Labute approximate surface area is 46.7 Å². The number of ketones is 1. The molecular formula is C3H10O5. The highest BCUT2D eigenvalue weighted by Crippen LogP contribution is 1.50. The fourth-order valence-electron chi connectivity index (χ4n) is 0. The molecule has 0 aliphatic carbocycles. The van der Waals surface area contributed by atoms with E-state index in [0.717, 1.165) is 0 Å². The number of hydrogen-bond acceptors (Lipinski definition) is 5. The first-order valence-electron chi connectivity index (χ1n) is 1.60. The number of carbonyl (C=O) groups excluding carboxylic acids is 1. The second-order valence-electron chi connectivity index (χ2n) is 0.908. The Hall–Kier alpha value is -0.490. The molecular weight excluding hydrogens is 116 g/mol. The van der Waals surface area contributed by atoms with E-state index in [-0.39, 0.29) is 5.78 Å². The van der Waals surface area contributed by atoms with Crippen LogP contribution in [0, 0.1) is 0 Å². The zero-order chi connectivity index (χ0) is 7.58. The van der Waals surface area contributed by atoms with Gasteiger partial charge in [-0.3, -0.25) is 21.0 Å². The Morgan fingerprint density at radius 3 is 1.00 bits per heavy atom. The molecule has 0 aliphatic rings. The minimum atomic E-state index is 0.167. The van der Waals surface area contributed by atoms with Crippen LogP contribution in [0.2, 0.25) is 0 Å². The van der Waals surface area contributed by atoms with Gasteiger partial charge in [0.05, 0.1) is 0 Å². The average Bonchev–Trinajstić information content (AvgIpc) is 1.75. The van der Waals surface area contributed by atoms with Crippen molar-refractivity contribution >= 4 is 5.78 Å². The monoisotopic (exact) mass is 126 g/mol. The maximum Gasteiger partial charge on any atom is 0.126 e. The predicted octanol–water partition coefficient (Wildman–Crippen LogP) is 0.630. The van der Waals surface area contributed by atoms with Gasteiger partial charge in [-0.2, -0.15) is 0 Å². The van der Waals surface area contributed by atoms with Gasteiger partial charge in [-0.15, -0.1) is 0 Å². The molecule has 0 bridgehead atoms. The summed E-state index contributed by atoms with van der Waals surface area (Å²) < 4.78 is 0. The first-order chi connectivity index (χ1) is 3.73. The van der Waals surface area contributed by atoms with Crippen molar-refractivity contribution in [2.45, 2.75) is 13.8 Å². The lowest BCUT2D eigenvalue weighted by atomic mass is 10.6. The molecule has 0 saturated carbocycles. The summed E-state index contributed by atoms with van der Waals surface area (Å²) in [6, 6.07) is 0. The van der Waals surface area contributed by atoms with Crippen LogP contribution in [-0.4, -0.2) is 26.8 Å². The first-order valence-corrected chi connectivity index (χ1v) is 1.60. The molecule has 5 heteroatoms. The van der Waals surface area contributed by atoms with E-state index in [2.05, 4.69) is 0 Å². The molecule has 0 rings (SSSR count). The second-order valence-corrected chi connectivity index (χ2v) is 0.908. The molecule has 0 aromatic rings. The molecule has 0 atom stereocenters. The Bertz CT molecular complexity index is 30.7. The number of carbonyl (C=O) groups is 1. The number of Topliss-reactive ketones (excluding diaryl/α,β-unsaturated/α-hetero) is 1. The summed E-state index contributed by atoms with van der Waals surface area (Å²) >= 11 is 0. The lowest BCUT2D eigenvalue weighted by Gasteiger charge is -1.56. The molecule has 0 heterocycles. The molecule has 0 saturated heterocycles. The van der Waals surface area contributed by atoms with Crippen LogP contribution >= 0.6 is 0 Å². The van der Waals surface area contributed by atoms with Crippen LogP contribution in [0.5, 0.6) is 0 Å². The molecule has 0 amide bonds. The Balaban J connectivity index is -0.0000000542. The van der Waals surface area contributed by atoms with E-state index < -0.39 is 0 Å². The van der Waals surface area contributed by atoms with E-state index in [1.165, 1.54) is 13.8 Å². The highest BCUT2D eigenvalue weighted by molar-refractivity contribution is 5.72. The highest BCUT2D eigenvalue weighted by atomic mass is 17.0. The van der Waals surface area contributed by atoms with Crippen molar-refractivity contribution in [1.82, 2.24) is 0 Å². The van der Waals surface area contributed by atoms with E-state index in [0.29, 0.717) is 0 Å². The molecule has 0 aromatic heterocycles. The van der Waals surface area contributed by atoms with Crippen LogP contribution < -0.4 is 0 Å². The van der Waals surface area contributed by atoms with Crippen LogP contribution in [0.3, 0.4) is 0 Å². The lowest BCUT2D eigenvalue weighted by Crippen LogP contribution is -1.69. The van der Waals surface area contributed by atoms with Crippen LogP contribution in [0.25, 0.3) is 0 Å². The first kappa shape index (κ1) is 15.6. The van der Waals surface area contributed by atoms with Crippen molar-refractivity contribution in [3.8, 4) is 0 Å². The Morgan fingerprint density at radius 2 is 1.00 bits per heavy atom. The van der Waals surface area contributed by atoms with Gasteiger partial charge in [0, 0.05) is 0 Å². The van der Waals surface area contributed by atoms with Crippen LogP contribution in [0.4, 0.5) is 0 Å². The highest BCUT2D eigenvalue weighted by Gasteiger charge is 1.62. The average molecular weight is 126 g/mol. The van der Waals surface area contributed by atoms with Gasteiger partial charge in [-0.05, 0) is 13.8 Å². The maximum absolute atomic E-state index is 9.44. The van der Waals surface area contributed by atoms with Gasteiger partial charge in [-0.25, -0.2) is 0 Å². The summed E-state index contributed by atoms with van der Waals surface area (Å²) in [4.78, 5) is 9.44. The number of hydrogen-bond donors (Lipinski definition) is 4. The summed E-state index contributed by atoms with van der Waals surface area (Å²) in [5, 5.41) is 24.0. The zero-order valence-corrected chi connectivity index (χ0v) is 4.70. The van der Waals surface area contributed by atoms with E-state index in [1.807, 2.05) is 0 Å². The van der Waals surface area contributed by atoms with E-state index in [9.17, 15) is 4.79 Å². The fraction of sp³-hybridized carbons (Fsp3) is 0.667. The van der Waals surface area contributed by atoms with Gasteiger partial charge in [0.25, 0.3) is 0 Å². The van der Waals surface area contributed by atoms with Crippen LogP contribution in [0.15, 0.2) is 0 Å². The second kappa shape index (κ2) is 31.4. The van der Waals surface area contributed by atoms with Crippen molar-refractivity contribution in [1.29, 1.82) is 0 Å². The van der Waals surface area contributed by atoms with Gasteiger partial charge in [-0.1, -0.05) is 0 Å². The SMILES string of the molecule is CC(C)=O.OO.OO. The van der Waals surface area contributed by atoms with Gasteiger partial charge < -0.3 is 4.79 Å². The van der Waals surface area contributed by atoms with Gasteiger partial charge >= 0.3 is 0 Å². The van der Waals surface area contributed by atoms with Crippen molar-refractivity contribution in [3.63, 3.8) is 0 Å². The van der Waals surface area contributed by atoms with E-state index in [1.54, 1.807) is 0 Å². The summed E-state index contributed by atoms with van der Waals surface area (Å²) in [5.74, 6) is 0.167. The van der Waals surface area contributed by atoms with Crippen molar-refractivity contribution in [2.75, 3.05) is 0 Å². The van der Waals surface area contributed by atoms with Gasteiger partial charge in [0.1, 0.15) is 5.78 Å². The molecule has 5 nitrogen and oxygen atoms in total. The van der Waals surface area contributed by atoms with Crippen LogP contribution in [0.1, 0.15) is 13.8 Å². The minimum Gasteiger partial charge on any atom is -0.300 e. The third-order valence-corrected chi connectivity index (χ3v) is 0. The molecule has 8 heavy (non-hydrogen) atoms. The third kappa shape index (κ3) is 467. The molecule has 0 aromatic carbocycles. The summed E-state index contributed by atoms with van der Waals surface area (Å²) in [7, 11) is 0. The summed E-state index contributed by atoms with van der Waals surface area (Å²) in [6.45, 7) is 3.06. The molecule has 0 spiro atoms. The smallest absolute Gasteiger partial charge is 0.126 e. The largest absolute Gasteiger partial charge is 0.300 e. The summed E-state index contributed by atoms with van der Waals surface area (Å²) in [5.41, 5.74) is 0. The predicted molar refractivity (Wildman–Crippen MR) is 26.9 cm³/mol. The quantitative estimate of drug-likeness (QED) is 0.282. The van der Waals surface area contributed by atoms with Crippen LogP contribution in [-0.2, 0) is 4.79 Å². The van der Waals surface area contributed by atoms with Gasteiger partial charge in [0.2, 0.25) is 0 Å². The van der Waals surface area contributed by atoms with Gasteiger partial charge in [0.15, 0.2) is 0 Å². The third-order valence-electron chi connectivity index (χ3n) is 0. The van der Waals surface area contributed by atoms with Crippen molar-refractivity contribution in [3.05, 3.63) is 0 Å². The zero-order valence-electron chi connectivity index (χ0n) is 4.70. The Kier molecular flexibility index (Phi) is 61.4. The molecule has 4 N–H and O–H groups in total. The molecule has 0 aliphatic heterocycles. The van der Waals surface area contributed by atoms with Crippen molar-refractivity contribution in [2.24, 2.45) is 0 Å². The molecule has 52 valence electrons. The molecule has 0 fully saturated rings. The summed E-state index contributed by atoms with van der Waals surface area (Å²) in [6.07, 6.45) is 0. The number of rotatable bonds is 0. The normalized spacial score (nSPS) is 4.75. The van der Waals surface area contributed by atoms with E-state index >= 15 is 0 Å².